The molecule has 0 N–H and O–H groups in total. The monoisotopic (exact) mass is 346 g/mol. The van der Waals surface area contributed by atoms with Crippen LogP contribution in [0, 0.1) is 13.8 Å². The minimum atomic E-state index is -0.505. The van der Waals surface area contributed by atoms with Crippen LogP contribution in [0.3, 0.4) is 0 Å². The van der Waals surface area contributed by atoms with Crippen LogP contribution < -0.4 is 0 Å². The molecule has 0 amide bonds. The Morgan fingerprint density at radius 2 is 1.86 bits per heavy atom. The highest BCUT2D eigenvalue weighted by molar-refractivity contribution is 9.10. The standard InChI is InChI=1S/C17H15BrO3/c1-11-6-7-15(12(2)8-11)16(19)10-21-17(20)13-4-3-5-14(18)9-13/h3-9H,10H2,1-2H3. The highest BCUT2D eigenvalue weighted by Crippen LogP contribution is 2.14. The van der Waals surface area contributed by atoms with E-state index in [-0.39, 0.29) is 12.4 Å². The van der Waals surface area contributed by atoms with Gasteiger partial charge in [-0.1, -0.05) is 45.8 Å². The summed E-state index contributed by atoms with van der Waals surface area (Å²) < 4.78 is 5.86. The van der Waals surface area contributed by atoms with Crippen molar-refractivity contribution in [2.45, 2.75) is 13.8 Å². The van der Waals surface area contributed by atoms with Gasteiger partial charge in [-0.2, -0.15) is 0 Å². The third-order valence-electron chi connectivity index (χ3n) is 3.08. The Labute approximate surface area is 132 Å². The number of halogens is 1. The minimum absolute atomic E-state index is 0.198. The number of benzene rings is 2. The zero-order chi connectivity index (χ0) is 15.4. The molecule has 0 saturated heterocycles. The zero-order valence-corrected chi connectivity index (χ0v) is 13.4. The van der Waals surface area contributed by atoms with Crippen molar-refractivity contribution in [3.8, 4) is 0 Å². The summed E-state index contributed by atoms with van der Waals surface area (Å²) in [7, 11) is 0. The molecule has 2 aromatic rings. The van der Waals surface area contributed by atoms with E-state index >= 15 is 0 Å². The third kappa shape index (κ3) is 4.02. The van der Waals surface area contributed by atoms with E-state index in [1.807, 2.05) is 32.0 Å². The molecule has 0 aliphatic rings. The second kappa shape index (κ2) is 6.68. The Bertz CT molecular complexity index is 692. The van der Waals surface area contributed by atoms with Crippen molar-refractivity contribution in [3.05, 3.63) is 69.2 Å². The fourth-order valence-electron chi connectivity index (χ4n) is 2.03. The van der Waals surface area contributed by atoms with E-state index < -0.39 is 5.97 Å². The minimum Gasteiger partial charge on any atom is -0.454 e. The van der Waals surface area contributed by atoms with Crippen LogP contribution in [-0.2, 0) is 4.74 Å². The number of hydrogen-bond donors (Lipinski definition) is 0. The van der Waals surface area contributed by atoms with Gasteiger partial charge in [0.05, 0.1) is 5.56 Å². The van der Waals surface area contributed by atoms with Crippen LogP contribution in [0.25, 0.3) is 0 Å². The number of carbonyl (C=O) groups excluding carboxylic acids is 2. The predicted octanol–water partition coefficient (Wildman–Crippen LogP) is 4.11. The summed E-state index contributed by atoms with van der Waals surface area (Å²) in [5.41, 5.74) is 2.98. The van der Waals surface area contributed by atoms with Gasteiger partial charge in [0.1, 0.15) is 0 Å². The molecule has 4 heteroatoms. The average Bonchev–Trinajstić information content (AvgIpc) is 2.44. The van der Waals surface area contributed by atoms with Crippen LogP contribution in [0.2, 0.25) is 0 Å². The summed E-state index contributed by atoms with van der Waals surface area (Å²) in [5.74, 6) is -0.703. The fourth-order valence-corrected chi connectivity index (χ4v) is 2.43. The molecular weight excluding hydrogens is 332 g/mol. The molecule has 0 bridgehead atoms. The van der Waals surface area contributed by atoms with Crippen LogP contribution >= 0.6 is 15.9 Å². The summed E-state index contributed by atoms with van der Waals surface area (Å²) in [6.07, 6.45) is 0. The number of carbonyl (C=O) groups is 2. The topological polar surface area (TPSA) is 43.4 Å². The van der Waals surface area contributed by atoms with Crippen molar-refractivity contribution in [1.29, 1.82) is 0 Å². The Morgan fingerprint density at radius 1 is 1.10 bits per heavy atom. The molecule has 0 fully saturated rings. The van der Waals surface area contributed by atoms with Crippen molar-refractivity contribution in [3.63, 3.8) is 0 Å². The molecule has 0 spiro atoms. The van der Waals surface area contributed by atoms with Gasteiger partial charge in [0.15, 0.2) is 6.61 Å². The summed E-state index contributed by atoms with van der Waals surface area (Å²) in [5, 5.41) is 0. The van der Waals surface area contributed by atoms with Gasteiger partial charge in [0.2, 0.25) is 5.78 Å². The molecule has 0 aliphatic carbocycles. The molecule has 0 saturated carbocycles. The Hall–Kier alpha value is -1.94. The van der Waals surface area contributed by atoms with Gasteiger partial charge in [-0.25, -0.2) is 4.79 Å². The van der Waals surface area contributed by atoms with Crippen LogP contribution in [-0.4, -0.2) is 18.4 Å². The molecule has 0 aromatic heterocycles. The first kappa shape index (κ1) is 15.4. The van der Waals surface area contributed by atoms with Crippen LogP contribution in [0.4, 0.5) is 0 Å². The maximum atomic E-state index is 12.1. The van der Waals surface area contributed by atoms with Crippen molar-refractivity contribution >= 4 is 27.7 Å². The number of aryl methyl sites for hydroxylation is 2. The number of Topliss-reactive ketones (excluding diaryl/α,β-unsaturated/α-hetero) is 1. The lowest BCUT2D eigenvalue weighted by Crippen LogP contribution is -2.15. The average molecular weight is 347 g/mol. The number of hydrogen-bond acceptors (Lipinski definition) is 3. The quantitative estimate of drug-likeness (QED) is 0.618. The van der Waals surface area contributed by atoms with E-state index in [0.717, 1.165) is 15.6 Å². The normalized spacial score (nSPS) is 10.2. The lowest BCUT2D eigenvalue weighted by Gasteiger charge is -2.07. The number of ketones is 1. The Kier molecular flexibility index (Phi) is 4.91. The van der Waals surface area contributed by atoms with E-state index in [4.69, 9.17) is 4.74 Å². The Morgan fingerprint density at radius 3 is 2.52 bits per heavy atom. The molecule has 3 nitrogen and oxygen atoms in total. The number of rotatable bonds is 4. The first-order valence-corrected chi connectivity index (χ1v) is 7.30. The van der Waals surface area contributed by atoms with Gasteiger partial charge in [0.25, 0.3) is 0 Å². The Balaban J connectivity index is 2.02. The van der Waals surface area contributed by atoms with Gasteiger partial charge < -0.3 is 4.74 Å². The predicted molar refractivity (Wildman–Crippen MR) is 84.7 cm³/mol. The summed E-state index contributed by atoms with van der Waals surface area (Å²) >= 11 is 3.29. The van der Waals surface area contributed by atoms with E-state index in [2.05, 4.69) is 15.9 Å². The fraction of sp³-hybridized carbons (Fsp3) is 0.176. The second-order valence-electron chi connectivity index (χ2n) is 4.83. The van der Waals surface area contributed by atoms with Crippen molar-refractivity contribution in [2.24, 2.45) is 0 Å². The molecular formula is C17H15BrO3. The smallest absolute Gasteiger partial charge is 0.338 e. The van der Waals surface area contributed by atoms with Gasteiger partial charge in [0, 0.05) is 10.0 Å². The SMILES string of the molecule is Cc1ccc(C(=O)COC(=O)c2cccc(Br)c2)c(C)c1. The van der Waals surface area contributed by atoms with E-state index in [1.165, 1.54) is 0 Å². The van der Waals surface area contributed by atoms with Crippen LogP contribution in [0.15, 0.2) is 46.9 Å². The van der Waals surface area contributed by atoms with Crippen molar-refractivity contribution in [2.75, 3.05) is 6.61 Å². The number of ether oxygens (including phenoxy) is 1. The molecule has 2 aromatic carbocycles. The van der Waals surface area contributed by atoms with Crippen molar-refractivity contribution in [1.82, 2.24) is 0 Å². The molecule has 108 valence electrons. The third-order valence-corrected chi connectivity index (χ3v) is 3.57. The largest absolute Gasteiger partial charge is 0.454 e. The van der Waals surface area contributed by atoms with Gasteiger partial charge in [-0.3, -0.25) is 4.79 Å². The molecule has 0 heterocycles. The summed E-state index contributed by atoms with van der Waals surface area (Å²) in [6.45, 7) is 3.58. The highest BCUT2D eigenvalue weighted by Gasteiger charge is 2.13. The lowest BCUT2D eigenvalue weighted by molar-refractivity contribution is 0.0474. The molecule has 2 rings (SSSR count). The van der Waals surface area contributed by atoms with E-state index in [0.29, 0.717) is 11.1 Å². The second-order valence-corrected chi connectivity index (χ2v) is 5.74. The van der Waals surface area contributed by atoms with Gasteiger partial charge >= 0.3 is 5.97 Å². The molecule has 21 heavy (non-hydrogen) atoms. The summed E-state index contributed by atoms with van der Waals surface area (Å²) in [6, 6.07) is 12.4. The van der Waals surface area contributed by atoms with Gasteiger partial charge in [-0.05, 0) is 37.6 Å². The maximum Gasteiger partial charge on any atom is 0.338 e. The van der Waals surface area contributed by atoms with Crippen LogP contribution in [0.5, 0.6) is 0 Å². The number of esters is 1. The first-order chi connectivity index (χ1) is 9.97. The van der Waals surface area contributed by atoms with Crippen molar-refractivity contribution < 1.29 is 14.3 Å². The van der Waals surface area contributed by atoms with E-state index in [1.54, 1.807) is 24.3 Å². The maximum absolute atomic E-state index is 12.1. The van der Waals surface area contributed by atoms with Crippen LogP contribution in [0.1, 0.15) is 31.8 Å². The molecule has 0 aliphatic heterocycles. The molecule has 0 radical (unpaired) electrons. The first-order valence-electron chi connectivity index (χ1n) is 6.50. The molecule has 0 unspecified atom stereocenters. The lowest BCUT2D eigenvalue weighted by atomic mass is 10.0. The molecule has 0 atom stereocenters. The van der Waals surface area contributed by atoms with E-state index in [9.17, 15) is 9.59 Å². The summed E-state index contributed by atoms with van der Waals surface area (Å²) in [4.78, 5) is 24.0. The van der Waals surface area contributed by atoms with Gasteiger partial charge in [-0.15, -0.1) is 0 Å². The highest BCUT2D eigenvalue weighted by atomic mass is 79.9. The zero-order valence-electron chi connectivity index (χ0n) is 11.9.